The molecule has 0 fully saturated rings. The second kappa shape index (κ2) is 9.58. The highest BCUT2D eigenvalue weighted by atomic mass is 16.2. The van der Waals surface area contributed by atoms with Gasteiger partial charge in [0.1, 0.15) is 0 Å². The van der Waals surface area contributed by atoms with Crippen LogP contribution in [-0.4, -0.2) is 18.0 Å². The molecular formula is C20H26N4O2. The van der Waals surface area contributed by atoms with Crippen molar-refractivity contribution in [1.29, 1.82) is 0 Å². The van der Waals surface area contributed by atoms with Crippen LogP contribution < -0.4 is 21.7 Å². The third-order valence-electron chi connectivity index (χ3n) is 3.86. The maximum atomic E-state index is 12.1. The molecule has 3 amide bonds. The molecule has 2 aromatic rings. The number of hydrogen-bond acceptors (Lipinski definition) is 3. The Morgan fingerprint density at radius 2 is 1.69 bits per heavy atom. The van der Waals surface area contributed by atoms with Crippen molar-refractivity contribution in [2.75, 3.05) is 10.6 Å². The topological polar surface area (TPSA) is 96.2 Å². The van der Waals surface area contributed by atoms with Crippen LogP contribution in [0.4, 0.5) is 16.2 Å². The average molecular weight is 354 g/mol. The van der Waals surface area contributed by atoms with Crippen LogP contribution in [0.5, 0.6) is 0 Å². The molecular weight excluding hydrogens is 328 g/mol. The Hall–Kier alpha value is -2.86. The molecule has 5 N–H and O–H groups in total. The molecule has 1 unspecified atom stereocenters. The highest BCUT2D eigenvalue weighted by molar-refractivity contribution is 5.99. The van der Waals surface area contributed by atoms with E-state index in [9.17, 15) is 9.59 Å². The van der Waals surface area contributed by atoms with Crippen molar-refractivity contribution >= 4 is 23.3 Å². The number of rotatable bonds is 7. The summed E-state index contributed by atoms with van der Waals surface area (Å²) in [7, 11) is 0. The van der Waals surface area contributed by atoms with Crippen LogP contribution in [0.3, 0.4) is 0 Å². The molecule has 138 valence electrons. The van der Waals surface area contributed by atoms with Gasteiger partial charge in [0.15, 0.2) is 0 Å². The van der Waals surface area contributed by atoms with E-state index in [-0.39, 0.29) is 11.9 Å². The molecule has 0 aliphatic rings. The third kappa shape index (κ3) is 6.22. The fraction of sp³-hybridized carbons (Fsp3) is 0.300. The predicted octanol–water partition coefficient (Wildman–Crippen LogP) is 3.38. The molecule has 0 radical (unpaired) electrons. The lowest BCUT2D eigenvalue weighted by atomic mass is 10.1. The summed E-state index contributed by atoms with van der Waals surface area (Å²) in [4.78, 5) is 24.0. The first kappa shape index (κ1) is 19.5. The van der Waals surface area contributed by atoms with E-state index in [0.29, 0.717) is 18.7 Å². The van der Waals surface area contributed by atoms with Crippen molar-refractivity contribution in [2.24, 2.45) is 5.73 Å². The van der Waals surface area contributed by atoms with Gasteiger partial charge >= 0.3 is 6.03 Å². The van der Waals surface area contributed by atoms with Gasteiger partial charge in [-0.25, -0.2) is 4.79 Å². The molecule has 0 saturated heterocycles. The first-order chi connectivity index (χ1) is 12.5. The van der Waals surface area contributed by atoms with Crippen molar-refractivity contribution in [3.05, 3.63) is 59.7 Å². The highest BCUT2D eigenvalue weighted by Crippen LogP contribution is 2.13. The summed E-state index contributed by atoms with van der Waals surface area (Å²) in [5, 5.41) is 8.40. The molecule has 0 aliphatic heterocycles. The van der Waals surface area contributed by atoms with Gasteiger partial charge in [0.2, 0.25) is 5.91 Å². The number of nitrogens with two attached hydrogens (primary N) is 1. The molecule has 2 aromatic carbocycles. The first-order valence-electron chi connectivity index (χ1n) is 8.75. The predicted molar refractivity (Wildman–Crippen MR) is 105 cm³/mol. The minimum Gasteiger partial charge on any atom is -0.351 e. The number of anilines is 2. The molecule has 0 spiro atoms. The number of hydrogen-bond donors (Lipinski definition) is 4. The van der Waals surface area contributed by atoms with E-state index < -0.39 is 6.04 Å². The van der Waals surface area contributed by atoms with Crippen molar-refractivity contribution in [3.63, 3.8) is 0 Å². The lowest BCUT2D eigenvalue weighted by Gasteiger charge is -2.12. The van der Waals surface area contributed by atoms with Gasteiger partial charge in [0, 0.05) is 17.9 Å². The SMILES string of the molecule is CCCC(N)C(=O)NCc1cccc(NC(=O)Nc2cccc(C)c2)c1. The summed E-state index contributed by atoms with van der Waals surface area (Å²) in [5.74, 6) is -0.164. The molecule has 0 heterocycles. The van der Waals surface area contributed by atoms with Gasteiger partial charge in [-0.05, 0) is 48.7 Å². The standard InChI is InChI=1S/C20H26N4O2/c1-3-6-18(21)19(25)22-13-15-8-5-10-17(12-15)24-20(26)23-16-9-4-7-14(2)11-16/h4-5,7-12,18H,3,6,13,21H2,1-2H3,(H,22,25)(H2,23,24,26). The Labute approximate surface area is 154 Å². The Balaban J connectivity index is 1.90. The van der Waals surface area contributed by atoms with E-state index in [2.05, 4.69) is 16.0 Å². The van der Waals surface area contributed by atoms with E-state index in [0.717, 1.165) is 23.2 Å². The number of carbonyl (C=O) groups excluding carboxylic acids is 2. The first-order valence-corrected chi connectivity index (χ1v) is 8.75. The largest absolute Gasteiger partial charge is 0.351 e. The Morgan fingerprint density at radius 3 is 2.35 bits per heavy atom. The molecule has 6 heteroatoms. The molecule has 0 aromatic heterocycles. The number of urea groups is 1. The summed E-state index contributed by atoms with van der Waals surface area (Å²) < 4.78 is 0. The maximum Gasteiger partial charge on any atom is 0.323 e. The van der Waals surface area contributed by atoms with Crippen LogP contribution in [0.1, 0.15) is 30.9 Å². The fourth-order valence-corrected chi connectivity index (χ4v) is 2.54. The van der Waals surface area contributed by atoms with E-state index in [1.54, 1.807) is 6.07 Å². The summed E-state index contributed by atoms with van der Waals surface area (Å²) in [6.07, 6.45) is 1.52. The monoisotopic (exact) mass is 354 g/mol. The van der Waals surface area contributed by atoms with Gasteiger partial charge in [-0.1, -0.05) is 37.6 Å². The zero-order valence-corrected chi connectivity index (χ0v) is 15.2. The quantitative estimate of drug-likeness (QED) is 0.614. The molecule has 0 aliphatic carbocycles. The molecule has 6 nitrogen and oxygen atoms in total. The van der Waals surface area contributed by atoms with Crippen LogP contribution >= 0.6 is 0 Å². The zero-order valence-electron chi connectivity index (χ0n) is 15.2. The van der Waals surface area contributed by atoms with Gasteiger partial charge in [-0.3, -0.25) is 4.79 Å². The van der Waals surface area contributed by atoms with Crippen molar-refractivity contribution in [2.45, 2.75) is 39.3 Å². The zero-order chi connectivity index (χ0) is 18.9. The van der Waals surface area contributed by atoms with Crippen LogP contribution in [0, 0.1) is 6.92 Å². The minimum absolute atomic E-state index is 0.164. The molecule has 0 bridgehead atoms. The van der Waals surface area contributed by atoms with Crippen molar-refractivity contribution in [1.82, 2.24) is 5.32 Å². The second-order valence-corrected chi connectivity index (χ2v) is 6.26. The highest BCUT2D eigenvalue weighted by Gasteiger charge is 2.11. The lowest BCUT2D eigenvalue weighted by Crippen LogP contribution is -2.40. The molecule has 1 atom stereocenters. The van der Waals surface area contributed by atoms with E-state index in [1.165, 1.54) is 0 Å². The van der Waals surface area contributed by atoms with Gasteiger partial charge < -0.3 is 21.7 Å². The van der Waals surface area contributed by atoms with E-state index >= 15 is 0 Å². The van der Waals surface area contributed by atoms with E-state index in [4.69, 9.17) is 5.73 Å². The number of benzene rings is 2. The van der Waals surface area contributed by atoms with Gasteiger partial charge in [0.25, 0.3) is 0 Å². The number of nitrogens with one attached hydrogen (secondary N) is 3. The van der Waals surface area contributed by atoms with Crippen LogP contribution in [0.25, 0.3) is 0 Å². The third-order valence-corrected chi connectivity index (χ3v) is 3.86. The van der Waals surface area contributed by atoms with Crippen LogP contribution in [0.15, 0.2) is 48.5 Å². The molecule has 2 rings (SSSR count). The average Bonchev–Trinajstić information content (AvgIpc) is 2.60. The fourth-order valence-electron chi connectivity index (χ4n) is 2.54. The Morgan fingerprint density at radius 1 is 1.04 bits per heavy atom. The van der Waals surface area contributed by atoms with Gasteiger partial charge in [-0.15, -0.1) is 0 Å². The summed E-state index contributed by atoms with van der Waals surface area (Å²) in [5.41, 5.74) is 9.13. The van der Waals surface area contributed by atoms with Crippen molar-refractivity contribution < 1.29 is 9.59 Å². The van der Waals surface area contributed by atoms with Crippen molar-refractivity contribution in [3.8, 4) is 0 Å². The Bertz CT molecular complexity index is 761. The van der Waals surface area contributed by atoms with Gasteiger partial charge in [0.05, 0.1) is 6.04 Å². The Kier molecular flexibility index (Phi) is 7.17. The summed E-state index contributed by atoms with van der Waals surface area (Å²) >= 11 is 0. The summed E-state index contributed by atoms with van der Waals surface area (Å²) in [6.45, 7) is 4.32. The minimum atomic E-state index is -0.485. The second-order valence-electron chi connectivity index (χ2n) is 6.26. The van der Waals surface area contributed by atoms with Crippen LogP contribution in [-0.2, 0) is 11.3 Å². The molecule has 26 heavy (non-hydrogen) atoms. The maximum absolute atomic E-state index is 12.1. The number of amides is 3. The van der Waals surface area contributed by atoms with E-state index in [1.807, 2.05) is 56.3 Å². The molecule has 0 saturated carbocycles. The van der Waals surface area contributed by atoms with Crippen LogP contribution in [0.2, 0.25) is 0 Å². The smallest absolute Gasteiger partial charge is 0.323 e. The number of aryl methyl sites for hydroxylation is 1. The normalized spacial score (nSPS) is 11.5. The van der Waals surface area contributed by atoms with Gasteiger partial charge in [-0.2, -0.15) is 0 Å². The lowest BCUT2D eigenvalue weighted by molar-refractivity contribution is -0.122. The summed E-state index contributed by atoms with van der Waals surface area (Å²) in [6, 6.07) is 14.1. The number of carbonyl (C=O) groups is 2.